The highest BCUT2D eigenvalue weighted by atomic mass is 16.5. The van der Waals surface area contributed by atoms with E-state index in [0.29, 0.717) is 11.9 Å². The van der Waals surface area contributed by atoms with E-state index in [2.05, 4.69) is 17.2 Å². The molecule has 16 heavy (non-hydrogen) atoms. The Hall–Kier alpha value is -1.55. The maximum Gasteiger partial charge on any atom is 0.295 e. The molecular formula is C12H16N2O2. The van der Waals surface area contributed by atoms with Crippen LogP contribution >= 0.6 is 0 Å². The fourth-order valence-corrected chi connectivity index (χ4v) is 1.55. The Labute approximate surface area is 94.6 Å². The van der Waals surface area contributed by atoms with Crippen molar-refractivity contribution >= 4 is 17.1 Å². The first kappa shape index (κ1) is 11.0. The van der Waals surface area contributed by atoms with Crippen molar-refractivity contribution in [1.82, 2.24) is 4.98 Å². The summed E-state index contributed by atoms with van der Waals surface area (Å²) in [6.07, 6.45) is 0. The largest absolute Gasteiger partial charge is 0.424 e. The summed E-state index contributed by atoms with van der Waals surface area (Å²) in [5, 5.41) is 3.16. The molecule has 0 amide bonds. The molecule has 86 valence electrons. The van der Waals surface area contributed by atoms with E-state index in [-0.39, 0.29) is 0 Å². The lowest BCUT2D eigenvalue weighted by molar-refractivity contribution is 0.164. The van der Waals surface area contributed by atoms with Crippen molar-refractivity contribution in [3.63, 3.8) is 0 Å². The molecule has 2 aromatic rings. The number of para-hydroxylation sites is 2. The highest BCUT2D eigenvalue weighted by Crippen LogP contribution is 2.18. The van der Waals surface area contributed by atoms with Crippen molar-refractivity contribution in [2.45, 2.75) is 6.92 Å². The number of benzene rings is 1. The summed E-state index contributed by atoms with van der Waals surface area (Å²) < 4.78 is 10.6. The van der Waals surface area contributed by atoms with Crippen molar-refractivity contribution in [1.29, 1.82) is 0 Å². The van der Waals surface area contributed by atoms with Crippen LogP contribution in [0.3, 0.4) is 0 Å². The number of methoxy groups -OCH3 is 1. The van der Waals surface area contributed by atoms with Gasteiger partial charge in [-0.25, -0.2) is 0 Å². The van der Waals surface area contributed by atoms with Gasteiger partial charge >= 0.3 is 0 Å². The van der Waals surface area contributed by atoms with Crippen LogP contribution in [0.15, 0.2) is 28.7 Å². The molecule has 4 heteroatoms. The van der Waals surface area contributed by atoms with Crippen LogP contribution in [0.25, 0.3) is 11.1 Å². The van der Waals surface area contributed by atoms with Crippen LogP contribution in [0.5, 0.6) is 0 Å². The van der Waals surface area contributed by atoms with Gasteiger partial charge in [-0.05, 0) is 18.1 Å². The number of ether oxygens (including phenoxy) is 1. The predicted molar refractivity (Wildman–Crippen MR) is 63.5 cm³/mol. The lowest BCUT2D eigenvalue weighted by Gasteiger charge is -2.09. The number of hydrogen-bond donors (Lipinski definition) is 1. The number of rotatable bonds is 5. The summed E-state index contributed by atoms with van der Waals surface area (Å²) in [5.74, 6) is 0.431. The Morgan fingerprint density at radius 2 is 2.25 bits per heavy atom. The van der Waals surface area contributed by atoms with E-state index in [1.807, 2.05) is 24.3 Å². The minimum atomic E-state index is 0.431. The van der Waals surface area contributed by atoms with Gasteiger partial charge in [-0.15, -0.1) is 0 Å². The molecule has 0 unspecified atom stereocenters. The van der Waals surface area contributed by atoms with Gasteiger partial charge < -0.3 is 14.5 Å². The zero-order chi connectivity index (χ0) is 11.4. The van der Waals surface area contributed by atoms with E-state index < -0.39 is 0 Å². The normalized spacial score (nSPS) is 12.9. The molecule has 2 rings (SSSR count). The van der Waals surface area contributed by atoms with Crippen molar-refractivity contribution < 1.29 is 9.15 Å². The lowest BCUT2D eigenvalue weighted by atomic mass is 10.2. The third kappa shape index (κ3) is 2.52. The summed E-state index contributed by atoms with van der Waals surface area (Å²) in [4.78, 5) is 4.33. The van der Waals surface area contributed by atoms with Crippen molar-refractivity contribution in [2.24, 2.45) is 5.92 Å². The van der Waals surface area contributed by atoms with Crippen LogP contribution in [0.4, 0.5) is 6.01 Å². The number of nitrogens with zero attached hydrogens (tertiary/aromatic N) is 1. The number of aromatic nitrogens is 1. The first-order valence-electron chi connectivity index (χ1n) is 5.38. The number of hydrogen-bond acceptors (Lipinski definition) is 4. The molecule has 0 aliphatic heterocycles. The second-order valence-corrected chi connectivity index (χ2v) is 3.93. The summed E-state index contributed by atoms with van der Waals surface area (Å²) in [5.41, 5.74) is 1.69. The van der Waals surface area contributed by atoms with E-state index in [1.54, 1.807) is 7.11 Å². The van der Waals surface area contributed by atoms with Crippen LogP contribution in [-0.2, 0) is 4.74 Å². The molecule has 0 radical (unpaired) electrons. The molecule has 4 nitrogen and oxygen atoms in total. The van der Waals surface area contributed by atoms with E-state index in [9.17, 15) is 0 Å². The SMILES string of the molecule is COC[C@@H](C)CNc1nc2ccccc2o1. The number of oxazole rings is 1. The summed E-state index contributed by atoms with van der Waals surface area (Å²) >= 11 is 0. The fourth-order valence-electron chi connectivity index (χ4n) is 1.55. The lowest BCUT2D eigenvalue weighted by Crippen LogP contribution is -2.15. The summed E-state index contributed by atoms with van der Waals surface area (Å²) in [6, 6.07) is 8.30. The molecule has 0 aliphatic carbocycles. The molecule has 1 atom stereocenters. The highest BCUT2D eigenvalue weighted by Gasteiger charge is 2.06. The van der Waals surface area contributed by atoms with Crippen molar-refractivity contribution in [3.8, 4) is 0 Å². The highest BCUT2D eigenvalue weighted by molar-refractivity contribution is 5.74. The zero-order valence-corrected chi connectivity index (χ0v) is 9.56. The van der Waals surface area contributed by atoms with E-state index in [0.717, 1.165) is 24.3 Å². The number of anilines is 1. The van der Waals surface area contributed by atoms with Gasteiger partial charge in [0, 0.05) is 13.7 Å². The zero-order valence-electron chi connectivity index (χ0n) is 9.56. The molecule has 0 fully saturated rings. The van der Waals surface area contributed by atoms with E-state index in [4.69, 9.17) is 9.15 Å². The Balaban J connectivity index is 1.99. The molecule has 0 saturated heterocycles. The minimum absolute atomic E-state index is 0.431. The average Bonchev–Trinajstić information content (AvgIpc) is 2.69. The number of fused-ring (bicyclic) bond motifs is 1. The van der Waals surface area contributed by atoms with Gasteiger partial charge in [0.15, 0.2) is 5.58 Å². The van der Waals surface area contributed by atoms with Gasteiger partial charge in [0.1, 0.15) is 5.52 Å². The van der Waals surface area contributed by atoms with Crippen LogP contribution in [0, 0.1) is 5.92 Å². The van der Waals surface area contributed by atoms with Crippen molar-refractivity contribution in [3.05, 3.63) is 24.3 Å². The topological polar surface area (TPSA) is 47.3 Å². The van der Waals surface area contributed by atoms with Gasteiger partial charge in [0.2, 0.25) is 0 Å². The van der Waals surface area contributed by atoms with Crippen LogP contribution in [0.2, 0.25) is 0 Å². The quantitative estimate of drug-likeness (QED) is 0.841. The minimum Gasteiger partial charge on any atom is -0.424 e. The van der Waals surface area contributed by atoms with Crippen LogP contribution in [0.1, 0.15) is 6.92 Å². The first-order chi connectivity index (χ1) is 7.79. The summed E-state index contributed by atoms with van der Waals surface area (Å²) in [7, 11) is 1.70. The fraction of sp³-hybridized carbons (Fsp3) is 0.417. The van der Waals surface area contributed by atoms with Gasteiger partial charge in [0.05, 0.1) is 6.61 Å². The molecule has 1 N–H and O–H groups in total. The second-order valence-electron chi connectivity index (χ2n) is 3.93. The molecule has 1 aromatic carbocycles. The van der Waals surface area contributed by atoms with Crippen LogP contribution < -0.4 is 5.32 Å². The van der Waals surface area contributed by atoms with Gasteiger partial charge in [-0.3, -0.25) is 0 Å². The van der Waals surface area contributed by atoms with E-state index in [1.165, 1.54) is 0 Å². The Bertz CT molecular complexity index is 420. The molecule has 0 aliphatic rings. The monoisotopic (exact) mass is 220 g/mol. The average molecular weight is 220 g/mol. The molecule has 1 heterocycles. The Kier molecular flexibility index (Phi) is 3.41. The maximum atomic E-state index is 5.53. The third-order valence-corrected chi connectivity index (χ3v) is 2.35. The predicted octanol–water partition coefficient (Wildman–Crippen LogP) is 2.52. The molecule has 0 spiro atoms. The van der Waals surface area contributed by atoms with Gasteiger partial charge in [-0.2, -0.15) is 4.98 Å². The third-order valence-electron chi connectivity index (χ3n) is 2.35. The van der Waals surface area contributed by atoms with Gasteiger partial charge in [0.25, 0.3) is 6.01 Å². The maximum absolute atomic E-state index is 5.53. The van der Waals surface area contributed by atoms with E-state index >= 15 is 0 Å². The molecular weight excluding hydrogens is 204 g/mol. The smallest absolute Gasteiger partial charge is 0.295 e. The summed E-state index contributed by atoms with van der Waals surface area (Å²) in [6.45, 7) is 3.63. The molecule has 1 aromatic heterocycles. The second kappa shape index (κ2) is 4.99. The standard InChI is InChI=1S/C12H16N2O2/c1-9(8-15-2)7-13-12-14-10-5-3-4-6-11(10)16-12/h3-6,9H,7-8H2,1-2H3,(H,13,14)/t9-/m0/s1. The molecule has 0 saturated carbocycles. The molecule has 0 bridgehead atoms. The van der Waals surface area contributed by atoms with Crippen LogP contribution in [-0.4, -0.2) is 25.2 Å². The Morgan fingerprint density at radius 3 is 3.00 bits per heavy atom. The Morgan fingerprint density at radius 1 is 1.44 bits per heavy atom. The van der Waals surface area contributed by atoms with Gasteiger partial charge in [-0.1, -0.05) is 19.1 Å². The first-order valence-corrected chi connectivity index (χ1v) is 5.38. The number of nitrogens with one attached hydrogen (secondary N) is 1. The van der Waals surface area contributed by atoms with Crippen molar-refractivity contribution in [2.75, 3.05) is 25.6 Å².